The lowest BCUT2D eigenvalue weighted by Gasteiger charge is -2.14. The minimum atomic E-state index is 0.307. The maximum absolute atomic E-state index is 5.40. The molecule has 1 N–H and O–H groups in total. The Bertz CT molecular complexity index is 796. The van der Waals surface area contributed by atoms with Crippen molar-refractivity contribution in [1.29, 1.82) is 0 Å². The van der Waals surface area contributed by atoms with Crippen LogP contribution < -0.4 is 5.32 Å². The molecule has 0 fully saturated rings. The highest BCUT2D eigenvalue weighted by Crippen LogP contribution is 2.29. The third-order valence-corrected chi connectivity index (χ3v) is 3.82. The van der Waals surface area contributed by atoms with Gasteiger partial charge in [-0.25, -0.2) is 0 Å². The molecule has 4 heteroatoms. The fourth-order valence-electron chi connectivity index (χ4n) is 2.16. The number of hydrogen-bond donors (Lipinski definition) is 1. The third-order valence-electron chi connectivity index (χ3n) is 3.24. The van der Waals surface area contributed by atoms with Crippen LogP contribution in [0.5, 0.6) is 0 Å². The minimum absolute atomic E-state index is 0.307. The van der Waals surface area contributed by atoms with Crippen molar-refractivity contribution in [3.8, 4) is 0 Å². The van der Waals surface area contributed by atoms with Gasteiger partial charge >= 0.3 is 0 Å². The number of anilines is 1. The fraction of sp³-hybridized carbons (Fsp3) is 0.188. The second-order valence-electron chi connectivity index (χ2n) is 5.04. The van der Waals surface area contributed by atoms with Crippen LogP contribution in [0.15, 0.2) is 42.7 Å². The minimum Gasteiger partial charge on any atom is -0.349 e. The Morgan fingerprint density at radius 1 is 1.10 bits per heavy atom. The first kappa shape index (κ1) is 12.9. The van der Waals surface area contributed by atoms with Gasteiger partial charge in [-0.2, -0.15) is 0 Å². The van der Waals surface area contributed by atoms with Gasteiger partial charge in [0.15, 0.2) is 0 Å². The van der Waals surface area contributed by atoms with Crippen molar-refractivity contribution in [1.82, 2.24) is 9.97 Å². The molecule has 0 saturated carbocycles. The number of hydrogen-bond acceptors (Lipinski definition) is 3. The van der Waals surface area contributed by atoms with E-state index in [4.69, 9.17) is 12.2 Å². The highest BCUT2D eigenvalue weighted by Gasteiger charge is 2.10. The molecule has 100 valence electrons. The quantitative estimate of drug-likeness (QED) is 0.565. The zero-order valence-corrected chi connectivity index (χ0v) is 12.2. The average molecular weight is 281 g/mol. The van der Waals surface area contributed by atoms with E-state index in [2.05, 4.69) is 35.2 Å². The van der Waals surface area contributed by atoms with Gasteiger partial charge in [-0.15, -0.1) is 0 Å². The lowest BCUT2D eigenvalue weighted by molar-refractivity contribution is 0.898. The summed E-state index contributed by atoms with van der Waals surface area (Å²) in [4.78, 5) is 9.75. The second kappa shape index (κ2) is 5.13. The number of rotatable bonds is 2. The number of fused-ring (bicyclic) bond motifs is 3. The number of pyridine rings is 2. The van der Waals surface area contributed by atoms with Gasteiger partial charge in [-0.1, -0.05) is 32.1 Å². The van der Waals surface area contributed by atoms with Gasteiger partial charge in [0, 0.05) is 34.8 Å². The zero-order valence-electron chi connectivity index (χ0n) is 11.4. The predicted molar refractivity (Wildman–Crippen MR) is 88.1 cm³/mol. The first-order valence-corrected chi connectivity index (χ1v) is 7.01. The molecule has 0 aliphatic heterocycles. The molecule has 0 radical (unpaired) electrons. The number of thiocarbonyl (C=S) groups is 1. The van der Waals surface area contributed by atoms with E-state index in [1.807, 2.05) is 24.3 Å². The van der Waals surface area contributed by atoms with Gasteiger partial charge < -0.3 is 5.32 Å². The fourth-order valence-corrected chi connectivity index (χ4v) is 2.27. The van der Waals surface area contributed by atoms with Gasteiger partial charge in [-0.05, 0) is 24.3 Å². The zero-order chi connectivity index (χ0) is 14.1. The lowest BCUT2D eigenvalue weighted by Crippen LogP contribution is -2.15. The van der Waals surface area contributed by atoms with Crippen molar-refractivity contribution in [2.24, 2.45) is 5.92 Å². The Kier molecular flexibility index (Phi) is 3.32. The van der Waals surface area contributed by atoms with Crippen molar-refractivity contribution >= 4 is 44.7 Å². The van der Waals surface area contributed by atoms with Gasteiger partial charge in [0.2, 0.25) is 0 Å². The van der Waals surface area contributed by atoms with Gasteiger partial charge in [0.1, 0.15) is 0 Å². The molecule has 0 bridgehead atoms. The number of nitrogens with one attached hydrogen (secondary N) is 1. The Morgan fingerprint density at radius 2 is 1.80 bits per heavy atom. The third kappa shape index (κ3) is 2.23. The van der Waals surface area contributed by atoms with Crippen LogP contribution in [0.2, 0.25) is 0 Å². The Hall–Kier alpha value is -2.07. The molecule has 1 aromatic carbocycles. The molecular formula is C16H15N3S. The van der Waals surface area contributed by atoms with Crippen LogP contribution in [0.25, 0.3) is 21.8 Å². The van der Waals surface area contributed by atoms with E-state index in [-0.39, 0.29) is 0 Å². The van der Waals surface area contributed by atoms with E-state index < -0.39 is 0 Å². The SMILES string of the molecule is CC(C)C(=S)Nc1cc2cccnc2c2ncccc12. The lowest BCUT2D eigenvalue weighted by atomic mass is 10.1. The van der Waals surface area contributed by atoms with Crippen molar-refractivity contribution < 1.29 is 0 Å². The first-order chi connectivity index (χ1) is 9.66. The predicted octanol–water partition coefficient (Wildman–Crippen LogP) is 4.18. The largest absolute Gasteiger partial charge is 0.349 e. The Balaban J connectivity index is 2.26. The van der Waals surface area contributed by atoms with Gasteiger partial charge in [0.05, 0.1) is 16.0 Å². The molecule has 3 rings (SSSR count). The van der Waals surface area contributed by atoms with E-state index in [0.29, 0.717) is 5.92 Å². The highest BCUT2D eigenvalue weighted by atomic mass is 32.1. The molecule has 0 unspecified atom stereocenters. The van der Waals surface area contributed by atoms with Crippen molar-refractivity contribution in [2.75, 3.05) is 5.32 Å². The molecule has 0 aliphatic rings. The summed E-state index contributed by atoms with van der Waals surface area (Å²) in [5.74, 6) is 0.307. The summed E-state index contributed by atoms with van der Waals surface area (Å²) in [7, 11) is 0. The maximum Gasteiger partial charge on any atom is 0.0985 e. The van der Waals surface area contributed by atoms with Crippen molar-refractivity contribution in [3.05, 3.63) is 42.7 Å². The first-order valence-electron chi connectivity index (χ1n) is 6.60. The summed E-state index contributed by atoms with van der Waals surface area (Å²) in [6.07, 6.45) is 3.59. The molecule has 0 spiro atoms. The van der Waals surface area contributed by atoms with E-state index in [1.54, 1.807) is 12.4 Å². The van der Waals surface area contributed by atoms with E-state index >= 15 is 0 Å². The second-order valence-corrected chi connectivity index (χ2v) is 5.48. The van der Waals surface area contributed by atoms with Crippen molar-refractivity contribution in [2.45, 2.75) is 13.8 Å². The standard InChI is InChI=1S/C16H15N3S/c1-10(2)16(20)19-13-9-11-5-3-7-17-14(11)15-12(13)6-4-8-18-15/h3-10H,1-2H3,(H,19,20). The maximum atomic E-state index is 5.40. The molecule has 0 aliphatic carbocycles. The molecule has 3 nitrogen and oxygen atoms in total. The van der Waals surface area contributed by atoms with E-state index in [9.17, 15) is 0 Å². The van der Waals surface area contributed by atoms with Crippen LogP contribution in [-0.2, 0) is 0 Å². The molecule has 20 heavy (non-hydrogen) atoms. The van der Waals surface area contributed by atoms with Crippen LogP contribution in [0.3, 0.4) is 0 Å². The number of benzene rings is 1. The van der Waals surface area contributed by atoms with Crippen LogP contribution >= 0.6 is 12.2 Å². The molecule has 0 saturated heterocycles. The Labute approximate surface area is 123 Å². The summed E-state index contributed by atoms with van der Waals surface area (Å²) in [5.41, 5.74) is 2.82. The molecule has 3 aromatic rings. The van der Waals surface area contributed by atoms with Crippen LogP contribution in [-0.4, -0.2) is 15.0 Å². The highest BCUT2D eigenvalue weighted by molar-refractivity contribution is 7.80. The van der Waals surface area contributed by atoms with Gasteiger partial charge in [0.25, 0.3) is 0 Å². The summed E-state index contributed by atoms with van der Waals surface area (Å²) < 4.78 is 0. The number of aromatic nitrogens is 2. The summed E-state index contributed by atoms with van der Waals surface area (Å²) in [5, 5.41) is 5.45. The van der Waals surface area contributed by atoms with Crippen LogP contribution in [0, 0.1) is 5.92 Å². The normalized spacial score (nSPS) is 11.2. The Morgan fingerprint density at radius 3 is 2.55 bits per heavy atom. The summed E-state index contributed by atoms with van der Waals surface area (Å²) >= 11 is 5.40. The number of nitrogens with zero attached hydrogens (tertiary/aromatic N) is 2. The van der Waals surface area contributed by atoms with Crippen LogP contribution in [0.1, 0.15) is 13.8 Å². The average Bonchev–Trinajstić information content (AvgIpc) is 2.47. The molecule has 0 atom stereocenters. The van der Waals surface area contributed by atoms with E-state index in [1.165, 1.54) is 0 Å². The summed E-state index contributed by atoms with van der Waals surface area (Å²) in [6, 6.07) is 10.0. The van der Waals surface area contributed by atoms with Gasteiger partial charge in [-0.3, -0.25) is 9.97 Å². The summed E-state index contributed by atoms with van der Waals surface area (Å²) in [6.45, 7) is 4.16. The van der Waals surface area contributed by atoms with E-state index in [0.717, 1.165) is 32.5 Å². The molecule has 0 amide bonds. The smallest absolute Gasteiger partial charge is 0.0985 e. The molecule has 2 aromatic heterocycles. The van der Waals surface area contributed by atoms with Crippen molar-refractivity contribution in [3.63, 3.8) is 0 Å². The van der Waals surface area contributed by atoms with Crippen LogP contribution in [0.4, 0.5) is 5.69 Å². The molecule has 2 heterocycles. The molecular weight excluding hydrogens is 266 g/mol. The monoisotopic (exact) mass is 281 g/mol. The topological polar surface area (TPSA) is 37.8 Å².